The summed E-state index contributed by atoms with van der Waals surface area (Å²) in [6.07, 6.45) is 3.22. The highest BCUT2D eigenvalue weighted by Crippen LogP contribution is 2.29. The quantitative estimate of drug-likeness (QED) is 0.514. The van der Waals surface area contributed by atoms with E-state index in [0.29, 0.717) is 24.6 Å². The summed E-state index contributed by atoms with van der Waals surface area (Å²) in [5.74, 6) is 0.227. The van der Waals surface area contributed by atoms with Gasteiger partial charge in [0.25, 0.3) is 0 Å². The number of hydrogen-bond donors (Lipinski definition) is 1. The van der Waals surface area contributed by atoms with Crippen molar-refractivity contribution in [1.29, 1.82) is 0 Å². The Bertz CT molecular complexity index is 1340. The zero-order valence-corrected chi connectivity index (χ0v) is 19.3. The van der Waals surface area contributed by atoms with Gasteiger partial charge in [-0.25, -0.2) is 18.4 Å². The van der Waals surface area contributed by atoms with Crippen LogP contribution in [0.25, 0.3) is 0 Å². The number of phenolic OH excluding ortho intramolecular Hbond substituents is 1. The molecule has 174 valence electrons. The van der Waals surface area contributed by atoms with Gasteiger partial charge in [0.05, 0.1) is 0 Å². The molecule has 33 heavy (non-hydrogen) atoms. The van der Waals surface area contributed by atoms with Crippen LogP contribution in [0.3, 0.4) is 0 Å². The summed E-state index contributed by atoms with van der Waals surface area (Å²) in [6, 6.07) is 11.0. The van der Waals surface area contributed by atoms with Crippen molar-refractivity contribution >= 4 is 26.1 Å². The van der Waals surface area contributed by atoms with E-state index in [1.54, 1.807) is 25.4 Å². The number of piperazine rings is 1. The first-order valence-corrected chi connectivity index (χ1v) is 12.9. The van der Waals surface area contributed by atoms with Crippen LogP contribution in [0.2, 0.25) is 0 Å². The van der Waals surface area contributed by atoms with Gasteiger partial charge in [-0.15, -0.1) is 0 Å². The highest BCUT2D eigenvalue weighted by molar-refractivity contribution is 7.91. The van der Waals surface area contributed by atoms with E-state index in [1.807, 2.05) is 4.90 Å². The van der Waals surface area contributed by atoms with E-state index < -0.39 is 25.0 Å². The van der Waals surface area contributed by atoms with Gasteiger partial charge < -0.3 is 14.2 Å². The number of phenols is 1. The molecule has 2 aromatic carbocycles. The molecule has 1 N–H and O–H groups in total. The second kappa shape index (κ2) is 8.96. The zero-order valence-electron chi connectivity index (χ0n) is 17.7. The van der Waals surface area contributed by atoms with Gasteiger partial charge in [-0.3, -0.25) is 0 Å². The topological polar surface area (TPSA) is 130 Å². The van der Waals surface area contributed by atoms with Gasteiger partial charge in [0, 0.05) is 44.6 Å². The molecule has 12 heteroatoms. The van der Waals surface area contributed by atoms with Crippen LogP contribution >= 0.6 is 0 Å². The second-order valence-corrected chi connectivity index (χ2v) is 10.8. The summed E-state index contributed by atoms with van der Waals surface area (Å²) in [7, 11) is -8.63. The lowest BCUT2D eigenvalue weighted by Crippen LogP contribution is -2.49. The lowest BCUT2D eigenvalue weighted by atomic mass is 10.2. The molecule has 1 aromatic heterocycles. The molecule has 10 nitrogen and oxygen atoms in total. The van der Waals surface area contributed by atoms with Crippen molar-refractivity contribution in [3.8, 4) is 11.5 Å². The first-order chi connectivity index (χ1) is 15.7. The molecule has 0 unspecified atom stereocenters. The van der Waals surface area contributed by atoms with Gasteiger partial charge in [-0.2, -0.15) is 12.7 Å². The standard InChI is InChI=1S/C21H22N4O6S2/c1-16-13-17(26)15-18(14-16)31-33(29,30)20-6-3-2-5-19(20)32(27,28)25-11-9-24(10-12-25)21-22-7-4-8-23-21/h2-8,13-15,26H,9-12H2,1H3. The van der Waals surface area contributed by atoms with Gasteiger partial charge in [-0.05, 0) is 42.8 Å². The summed E-state index contributed by atoms with van der Waals surface area (Å²) < 4.78 is 59.1. The van der Waals surface area contributed by atoms with Crippen molar-refractivity contribution in [1.82, 2.24) is 14.3 Å². The Kier molecular flexibility index (Phi) is 6.23. The van der Waals surface area contributed by atoms with Crippen LogP contribution in [0.1, 0.15) is 5.56 Å². The minimum absolute atomic E-state index is 0.115. The molecule has 1 aliphatic heterocycles. The van der Waals surface area contributed by atoms with E-state index >= 15 is 0 Å². The molecule has 1 aliphatic rings. The third-order valence-electron chi connectivity index (χ3n) is 5.05. The summed E-state index contributed by atoms with van der Waals surface area (Å²) in [5.41, 5.74) is 0.585. The van der Waals surface area contributed by atoms with Gasteiger partial charge in [0.2, 0.25) is 16.0 Å². The molecule has 0 saturated carbocycles. The average Bonchev–Trinajstić information content (AvgIpc) is 2.79. The zero-order chi connectivity index (χ0) is 23.6. The van der Waals surface area contributed by atoms with Crippen LogP contribution < -0.4 is 9.08 Å². The first-order valence-electron chi connectivity index (χ1n) is 10.0. The predicted molar refractivity (Wildman–Crippen MR) is 120 cm³/mol. The van der Waals surface area contributed by atoms with Gasteiger partial charge in [0.15, 0.2) is 0 Å². The smallest absolute Gasteiger partial charge is 0.340 e. The largest absolute Gasteiger partial charge is 0.508 e. The van der Waals surface area contributed by atoms with E-state index in [1.165, 1.54) is 40.7 Å². The Hall–Kier alpha value is -3.22. The molecule has 2 heterocycles. The Labute approximate surface area is 192 Å². The van der Waals surface area contributed by atoms with Crippen molar-refractivity contribution in [2.45, 2.75) is 16.7 Å². The number of nitrogens with zero attached hydrogens (tertiary/aromatic N) is 4. The van der Waals surface area contributed by atoms with Crippen molar-refractivity contribution in [3.63, 3.8) is 0 Å². The molecule has 1 saturated heterocycles. The Morgan fingerprint density at radius 3 is 2.15 bits per heavy atom. The first kappa shape index (κ1) is 23.0. The highest BCUT2D eigenvalue weighted by atomic mass is 32.2. The Balaban J connectivity index is 1.60. The number of anilines is 1. The lowest BCUT2D eigenvalue weighted by Gasteiger charge is -2.34. The third-order valence-corrected chi connectivity index (χ3v) is 8.44. The van der Waals surface area contributed by atoms with Gasteiger partial charge in [0.1, 0.15) is 21.3 Å². The van der Waals surface area contributed by atoms with E-state index in [4.69, 9.17) is 4.18 Å². The summed E-state index contributed by atoms with van der Waals surface area (Å²) in [6.45, 7) is 2.66. The molecular formula is C21H22N4O6S2. The lowest BCUT2D eigenvalue weighted by molar-refractivity contribution is 0.381. The molecule has 4 rings (SSSR count). The molecule has 0 bridgehead atoms. The monoisotopic (exact) mass is 490 g/mol. The van der Waals surface area contributed by atoms with E-state index in [9.17, 15) is 21.9 Å². The van der Waals surface area contributed by atoms with Crippen LogP contribution in [0.4, 0.5) is 5.95 Å². The van der Waals surface area contributed by atoms with E-state index in [-0.39, 0.29) is 29.5 Å². The minimum atomic E-state index is -4.50. The Morgan fingerprint density at radius 2 is 1.52 bits per heavy atom. The number of aromatic nitrogens is 2. The predicted octanol–water partition coefficient (Wildman–Crippen LogP) is 1.77. The van der Waals surface area contributed by atoms with Crippen LogP contribution in [0.5, 0.6) is 11.5 Å². The van der Waals surface area contributed by atoms with Crippen LogP contribution in [-0.4, -0.2) is 62.4 Å². The molecule has 0 radical (unpaired) electrons. The molecule has 0 aliphatic carbocycles. The Morgan fingerprint density at radius 1 is 0.879 bits per heavy atom. The fourth-order valence-corrected chi connectivity index (χ4v) is 6.66. The van der Waals surface area contributed by atoms with Crippen molar-refractivity contribution in [2.24, 2.45) is 0 Å². The number of aryl methyl sites for hydroxylation is 1. The fraction of sp³-hybridized carbons (Fsp3) is 0.238. The number of sulfonamides is 1. The summed E-state index contributed by atoms with van der Waals surface area (Å²) in [4.78, 5) is 9.38. The molecule has 0 spiro atoms. The number of hydrogen-bond acceptors (Lipinski definition) is 9. The molecule has 1 fully saturated rings. The van der Waals surface area contributed by atoms with Crippen LogP contribution in [0, 0.1) is 6.92 Å². The maximum atomic E-state index is 13.4. The number of aromatic hydroxyl groups is 1. The van der Waals surface area contributed by atoms with Crippen molar-refractivity contribution in [3.05, 3.63) is 66.5 Å². The second-order valence-electron chi connectivity index (χ2n) is 7.43. The molecule has 0 amide bonds. The number of benzene rings is 2. The molecular weight excluding hydrogens is 468 g/mol. The van der Waals surface area contributed by atoms with E-state index in [0.717, 1.165) is 6.07 Å². The fourth-order valence-electron chi connectivity index (χ4n) is 3.54. The number of rotatable bonds is 6. The van der Waals surface area contributed by atoms with Crippen LogP contribution in [0.15, 0.2) is 70.7 Å². The van der Waals surface area contributed by atoms with Crippen LogP contribution in [-0.2, 0) is 20.1 Å². The normalized spacial score (nSPS) is 15.4. The summed E-state index contributed by atoms with van der Waals surface area (Å²) >= 11 is 0. The van der Waals surface area contributed by atoms with E-state index in [2.05, 4.69) is 9.97 Å². The highest BCUT2D eigenvalue weighted by Gasteiger charge is 2.34. The minimum Gasteiger partial charge on any atom is -0.508 e. The third kappa shape index (κ3) is 4.92. The molecule has 3 aromatic rings. The SMILES string of the molecule is Cc1cc(O)cc(OS(=O)(=O)c2ccccc2S(=O)(=O)N2CCN(c3ncccn3)CC2)c1. The maximum absolute atomic E-state index is 13.4. The summed E-state index contributed by atoms with van der Waals surface area (Å²) in [5, 5.41) is 9.73. The van der Waals surface area contributed by atoms with Gasteiger partial charge in [-0.1, -0.05) is 12.1 Å². The average molecular weight is 491 g/mol. The molecule has 0 atom stereocenters. The van der Waals surface area contributed by atoms with Crippen molar-refractivity contribution < 1.29 is 26.1 Å². The maximum Gasteiger partial charge on any atom is 0.340 e. The van der Waals surface area contributed by atoms with Crippen molar-refractivity contribution in [2.75, 3.05) is 31.1 Å². The van der Waals surface area contributed by atoms with Gasteiger partial charge >= 0.3 is 10.1 Å².